The molecule has 44 heavy (non-hydrogen) atoms. The van der Waals surface area contributed by atoms with Crippen molar-refractivity contribution in [1.29, 1.82) is 5.26 Å². The first-order valence-corrected chi connectivity index (χ1v) is 15.8. The molecule has 1 aromatic heterocycles. The summed E-state index contributed by atoms with van der Waals surface area (Å²) in [5.74, 6) is 0.498. The van der Waals surface area contributed by atoms with E-state index in [1.165, 1.54) is 4.90 Å². The first-order valence-electron chi connectivity index (χ1n) is 15.4. The van der Waals surface area contributed by atoms with E-state index >= 15 is 0 Å². The third-order valence-corrected chi connectivity index (χ3v) is 10.3. The second-order valence-electron chi connectivity index (χ2n) is 12.5. The summed E-state index contributed by atoms with van der Waals surface area (Å²) >= 11 is 6.70. The molecule has 0 aliphatic carbocycles. The molecule has 1 N–H and O–H groups in total. The van der Waals surface area contributed by atoms with Crippen LogP contribution in [0.15, 0.2) is 42.5 Å². The fourth-order valence-corrected chi connectivity index (χ4v) is 8.14. The highest BCUT2D eigenvalue weighted by Gasteiger charge is 2.49. The van der Waals surface area contributed by atoms with Crippen molar-refractivity contribution in [3.8, 4) is 11.9 Å². The molecule has 4 aliphatic heterocycles. The van der Waals surface area contributed by atoms with Gasteiger partial charge in [0, 0.05) is 67.5 Å². The molecule has 1 amide bonds. The molecule has 3 atom stereocenters. The molecule has 9 nitrogen and oxygen atoms in total. The van der Waals surface area contributed by atoms with Crippen molar-refractivity contribution in [2.75, 3.05) is 55.7 Å². The smallest absolute Gasteiger partial charge is 0.407 e. The molecule has 7 rings (SSSR count). The second-order valence-corrected chi connectivity index (χ2v) is 12.9. The number of halogens is 2. The number of fused-ring (bicyclic) bond motifs is 3. The van der Waals surface area contributed by atoms with E-state index in [1.807, 2.05) is 24.3 Å². The number of hydrogen-bond acceptors (Lipinski definition) is 7. The number of carbonyl (C=O) groups is 1. The number of nitriles is 1. The average molecular weight is 619 g/mol. The summed E-state index contributed by atoms with van der Waals surface area (Å²) in [6, 6.07) is 15.9. The van der Waals surface area contributed by atoms with Crippen molar-refractivity contribution < 1.29 is 19.0 Å². The van der Waals surface area contributed by atoms with Gasteiger partial charge in [0.05, 0.1) is 41.3 Å². The highest BCUT2D eigenvalue weighted by atomic mass is 35.5. The van der Waals surface area contributed by atoms with Crippen LogP contribution < -0.4 is 14.5 Å². The number of benzene rings is 2. The average Bonchev–Trinajstić information content (AvgIpc) is 3.55. The Kier molecular flexibility index (Phi) is 7.63. The van der Waals surface area contributed by atoms with Gasteiger partial charge in [0.1, 0.15) is 12.8 Å². The molecular weight excluding hydrogens is 583 g/mol. The molecule has 0 unspecified atom stereocenters. The first-order chi connectivity index (χ1) is 21.3. The molecule has 230 valence electrons. The Hall–Kier alpha value is -3.81. The minimum absolute atomic E-state index is 0.123. The Labute approximate surface area is 261 Å². The summed E-state index contributed by atoms with van der Waals surface area (Å²) in [5, 5.41) is 22.0. The number of pyridine rings is 1. The molecule has 0 spiro atoms. The number of nitrogens with zero attached hydrogens (tertiary/aromatic N) is 6. The lowest BCUT2D eigenvalue weighted by Crippen LogP contribution is -2.55. The SMILES string of the molecule is N#CC[C@H]1CN(c2cc(OC[C@@]34CCCN3C[C@H](F)C4)nc3c2CCN(c2cccc4cccc(Cl)c24)C3)CCN1C(=O)O. The van der Waals surface area contributed by atoms with Gasteiger partial charge in [-0.1, -0.05) is 35.9 Å². The lowest BCUT2D eigenvalue weighted by molar-refractivity contribution is 0.110. The van der Waals surface area contributed by atoms with Crippen molar-refractivity contribution >= 4 is 39.8 Å². The van der Waals surface area contributed by atoms with Gasteiger partial charge in [-0.25, -0.2) is 14.2 Å². The Morgan fingerprint density at radius 3 is 2.80 bits per heavy atom. The van der Waals surface area contributed by atoms with Crippen molar-refractivity contribution in [3.63, 3.8) is 0 Å². The van der Waals surface area contributed by atoms with E-state index in [-0.39, 0.29) is 12.0 Å². The normalized spacial score (nSPS) is 25.2. The van der Waals surface area contributed by atoms with E-state index in [1.54, 1.807) is 0 Å². The van der Waals surface area contributed by atoms with Crippen LogP contribution in [0.2, 0.25) is 5.02 Å². The molecule has 0 bridgehead atoms. The van der Waals surface area contributed by atoms with Gasteiger partial charge in [0.15, 0.2) is 0 Å². The molecule has 3 aromatic rings. The Balaban J connectivity index is 1.23. The standard InChI is InChI=1S/C33H36ClFN6O3/c34-26-6-1-4-22-5-2-7-28(31(22)26)38-13-9-25-27(20-38)37-30(44-21-33-10-3-12-40(33)18-23(35)17-33)16-29(25)39-14-15-41(32(42)43)24(19-39)8-11-36/h1-2,4-7,16,23-24H,3,8-10,12-15,17-21H2,(H,42,43)/t23-,24+,33+/m1/s1. The highest BCUT2D eigenvalue weighted by molar-refractivity contribution is 6.36. The zero-order valence-corrected chi connectivity index (χ0v) is 25.3. The lowest BCUT2D eigenvalue weighted by Gasteiger charge is -2.42. The molecule has 5 heterocycles. The quantitative estimate of drug-likeness (QED) is 0.388. The Bertz CT molecular complexity index is 1630. The molecule has 3 fully saturated rings. The predicted octanol–water partition coefficient (Wildman–Crippen LogP) is 5.49. The fourth-order valence-electron chi connectivity index (χ4n) is 7.86. The molecular formula is C33H36ClFN6O3. The van der Waals surface area contributed by atoms with Crippen LogP contribution in [0.1, 0.15) is 36.9 Å². The number of alkyl halides is 1. The van der Waals surface area contributed by atoms with Gasteiger partial charge in [-0.15, -0.1) is 0 Å². The van der Waals surface area contributed by atoms with Crippen LogP contribution in [0, 0.1) is 11.3 Å². The molecule has 0 radical (unpaired) electrons. The van der Waals surface area contributed by atoms with Gasteiger partial charge < -0.3 is 24.5 Å². The van der Waals surface area contributed by atoms with E-state index < -0.39 is 18.3 Å². The highest BCUT2D eigenvalue weighted by Crippen LogP contribution is 2.42. The summed E-state index contributed by atoms with van der Waals surface area (Å²) < 4.78 is 20.9. The summed E-state index contributed by atoms with van der Waals surface area (Å²) in [6.45, 7) is 4.29. The van der Waals surface area contributed by atoms with E-state index in [0.29, 0.717) is 56.7 Å². The number of aromatic nitrogens is 1. The first kappa shape index (κ1) is 28.9. The monoisotopic (exact) mass is 618 g/mol. The Morgan fingerprint density at radius 2 is 1.98 bits per heavy atom. The third kappa shape index (κ3) is 5.16. The Morgan fingerprint density at radius 1 is 1.14 bits per heavy atom. The van der Waals surface area contributed by atoms with Crippen LogP contribution in [0.3, 0.4) is 0 Å². The number of amides is 1. The number of rotatable bonds is 6. The molecule has 3 saturated heterocycles. The summed E-state index contributed by atoms with van der Waals surface area (Å²) in [5.41, 5.74) is 3.75. The van der Waals surface area contributed by atoms with Crippen molar-refractivity contribution in [1.82, 2.24) is 14.8 Å². The van der Waals surface area contributed by atoms with E-state index in [4.69, 9.17) is 21.3 Å². The number of piperazine rings is 1. The maximum atomic E-state index is 14.5. The summed E-state index contributed by atoms with van der Waals surface area (Å²) in [7, 11) is 0. The maximum Gasteiger partial charge on any atom is 0.407 e. The van der Waals surface area contributed by atoms with Gasteiger partial charge in [-0.05, 0) is 43.3 Å². The molecule has 2 aromatic carbocycles. The van der Waals surface area contributed by atoms with Crippen molar-refractivity contribution in [3.05, 3.63) is 58.7 Å². The minimum atomic E-state index is -1.00. The van der Waals surface area contributed by atoms with Gasteiger partial charge in [0.2, 0.25) is 5.88 Å². The van der Waals surface area contributed by atoms with E-state index in [2.05, 4.69) is 39.0 Å². The molecule has 0 saturated carbocycles. The van der Waals surface area contributed by atoms with Gasteiger partial charge in [0.25, 0.3) is 0 Å². The van der Waals surface area contributed by atoms with Gasteiger partial charge >= 0.3 is 6.09 Å². The van der Waals surface area contributed by atoms with E-state index in [9.17, 15) is 19.6 Å². The van der Waals surface area contributed by atoms with Gasteiger partial charge in [-0.2, -0.15) is 5.26 Å². The van der Waals surface area contributed by atoms with Crippen LogP contribution in [-0.4, -0.2) is 89.6 Å². The number of hydrogen-bond donors (Lipinski definition) is 1. The second kappa shape index (κ2) is 11.6. The van der Waals surface area contributed by atoms with E-state index in [0.717, 1.165) is 65.8 Å². The third-order valence-electron chi connectivity index (χ3n) is 9.95. The van der Waals surface area contributed by atoms with Crippen LogP contribution in [0.4, 0.5) is 20.6 Å². The minimum Gasteiger partial charge on any atom is -0.476 e. The molecule has 11 heteroatoms. The van der Waals surface area contributed by atoms with Crippen molar-refractivity contribution in [2.45, 2.75) is 56.4 Å². The largest absolute Gasteiger partial charge is 0.476 e. The van der Waals surface area contributed by atoms with Crippen LogP contribution >= 0.6 is 11.6 Å². The zero-order chi connectivity index (χ0) is 30.4. The number of carboxylic acid groups (broad SMARTS) is 1. The fraction of sp³-hybridized carbons (Fsp3) is 0.485. The van der Waals surface area contributed by atoms with Crippen LogP contribution in [0.25, 0.3) is 10.8 Å². The van der Waals surface area contributed by atoms with Gasteiger partial charge in [-0.3, -0.25) is 4.90 Å². The lowest BCUT2D eigenvalue weighted by atomic mass is 9.95. The summed E-state index contributed by atoms with van der Waals surface area (Å²) in [4.78, 5) is 25.1. The zero-order valence-electron chi connectivity index (χ0n) is 24.6. The topological polar surface area (TPSA) is 96.2 Å². The van der Waals surface area contributed by atoms with Crippen LogP contribution in [-0.2, 0) is 13.0 Å². The van der Waals surface area contributed by atoms with Crippen LogP contribution in [0.5, 0.6) is 5.88 Å². The molecule has 4 aliphatic rings. The predicted molar refractivity (Wildman–Crippen MR) is 167 cm³/mol. The summed E-state index contributed by atoms with van der Waals surface area (Å²) in [6.07, 6.45) is 1.45. The number of anilines is 2. The maximum absolute atomic E-state index is 14.5. The van der Waals surface area contributed by atoms with Crippen molar-refractivity contribution in [2.24, 2.45) is 0 Å². The number of ether oxygens (including phenoxy) is 1.